The van der Waals surface area contributed by atoms with E-state index in [4.69, 9.17) is 14.6 Å². The molecule has 29 heavy (non-hydrogen) atoms. The lowest BCUT2D eigenvalue weighted by Gasteiger charge is -2.33. The Balaban J connectivity index is 1.73. The van der Waals surface area contributed by atoms with Gasteiger partial charge in [0.1, 0.15) is 11.4 Å². The number of sulfonamides is 1. The fourth-order valence-electron chi connectivity index (χ4n) is 3.67. The van der Waals surface area contributed by atoms with Crippen molar-refractivity contribution in [2.75, 3.05) is 13.2 Å². The molecule has 2 N–H and O–H groups in total. The van der Waals surface area contributed by atoms with Gasteiger partial charge in [-0.25, -0.2) is 18.4 Å². The Bertz CT molecular complexity index is 797. The molecule has 1 heterocycles. The summed E-state index contributed by atoms with van der Waals surface area (Å²) in [6.07, 6.45) is 3.63. The number of benzene rings is 1. The first-order valence-electron chi connectivity index (χ1n) is 10.0. The number of amides is 1. The van der Waals surface area contributed by atoms with Crippen LogP contribution >= 0.6 is 0 Å². The summed E-state index contributed by atoms with van der Waals surface area (Å²) >= 11 is 0. The molecule has 2 rings (SSSR count). The normalized spacial score (nSPS) is 19.2. The van der Waals surface area contributed by atoms with E-state index in [2.05, 4.69) is 13.8 Å². The highest BCUT2D eigenvalue weighted by Gasteiger charge is 2.42. The van der Waals surface area contributed by atoms with Gasteiger partial charge in [-0.1, -0.05) is 0 Å². The molecule has 8 heteroatoms. The minimum absolute atomic E-state index is 0.0724. The molecule has 0 radical (unpaired) electrons. The van der Waals surface area contributed by atoms with E-state index in [1.807, 2.05) is 25.7 Å². The highest BCUT2D eigenvalue weighted by molar-refractivity contribution is 7.89. The van der Waals surface area contributed by atoms with Crippen molar-refractivity contribution in [2.45, 2.75) is 76.3 Å². The summed E-state index contributed by atoms with van der Waals surface area (Å²) in [5.41, 5.74) is -0.691. The minimum Gasteiger partial charge on any atom is -0.494 e. The molecule has 0 spiro atoms. The molecular weight excluding hydrogens is 392 g/mol. The van der Waals surface area contributed by atoms with Gasteiger partial charge in [-0.05, 0) is 90.5 Å². The van der Waals surface area contributed by atoms with Gasteiger partial charge in [0.05, 0.1) is 11.5 Å². The van der Waals surface area contributed by atoms with Gasteiger partial charge in [0.25, 0.3) is 0 Å². The quantitative estimate of drug-likeness (QED) is 0.666. The third kappa shape index (κ3) is 7.19. The number of carbonyl (C=O) groups is 1. The fraction of sp³-hybridized carbons (Fsp3) is 0.667. The lowest BCUT2D eigenvalue weighted by Crippen LogP contribution is -2.45. The summed E-state index contributed by atoms with van der Waals surface area (Å²) in [4.78, 5) is 14.4. The SMILES string of the molecule is CC(C)(C)OC(=O)N1CC(CCCCOc2ccc(S(N)(=O)=O)cc2)CC1(C)C. The summed E-state index contributed by atoms with van der Waals surface area (Å²) in [5.74, 6) is 1.07. The molecule has 1 atom stereocenters. The number of primary sulfonamides is 1. The highest BCUT2D eigenvalue weighted by atomic mass is 32.2. The van der Waals surface area contributed by atoms with Crippen LogP contribution in [0.4, 0.5) is 4.79 Å². The number of ether oxygens (including phenoxy) is 2. The Morgan fingerprint density at radius 3 is 2.38 bits per heavy atom. The molecule has 1 aliphatic rings. The van der Waals surface area contributed by atoms with Crippen molar-refractivity contribution < 1.29 is 22.7 Å². The van der Waals surface area contributed by atoms with Crippen molar-refractivity contribution in [2.24, 2.45) is 11.1 Å². The van der Waals surface area contributed by atoms with Gasteiger partial charge in [-0.2, -0.15) is 0 Å². The van der Waals surface area contributed by atoms with Gasteiger partial charge in [-0.3, -0.25) is 0 Å². The Morgan fingerprint density at radius 2 is 1.83 bits per heavy atom. The second-order valence-corrected chi connectivity index (χ2v) is 10.9. The van der Waals surface area contributed by atoms with Crippen LogP contribution in [0.15, 0.2) is 29.2 Å². The molecule has 1 aliphatic heterocycles. The van der Waals surface area contributed by atoms with Crippen molar-refractivity contribution in [3.63, 3.8) is 0 Å². The van der Waals surface area contributed by atoms with Crippen LogP contribution in [0.1, 0.15) is 60.3 Å². The van der Waals surface area contributed by atoms with Gasteiger partial charge in [-0.15, -0.1) is 0 Å². The predicted octanol–water partition coefficient (Wildman–Crippen LogP) is 3.92. The zero-order valence-electron chi connectivity index (χ0n) is 18.1. The van der Waals surface area contributed by atoms with Crippen LogP contribution < -0.4 is 9.88 Å². The zero-order chi connectivity index (χ0) is 21.9. The third-order valence-corrected chi connectivity index (χ3v) is 5.93. The van der Waals surface area contributed by atoms with E-state index in [0.29, 0.717) is 18.3 Å². The first-order chi connectivity index (χ1) is 13.3. The van der Waals surface area contributed by atoms with Crippen LogP contribution in [-0.4, -0.2) is 43.7 Å². The molecule has 1 aromatic carbocycles. The third-order valence-electron chi connectivity index (χ3n) is 5.00. The lowest BCUT2D eigenvalue weighted by atomic mass is 9.93. The van der Waals surface area contributed by atoms with Gasteiger partial charge >= 0.3 is 6.09 Å². The summed E-state index contributed by atoms with van der Waals surface area (Å²) in [6, 6.07) is 6.10. The first-order valence-corrected chi connectivity index (χ1v) is 11.6. The average molecular weight is 427 g/mol. The molecule has 0 aliphatic carbocycles. The molecule has 1 amide bonds. The van der Waals surface area contributed by atoms with Gasteiger partial charge in [0.2, 0.25) is 10.0 Å². The van der Waals surface area contributed by atoms with Crippen LogP contribution in [0.5, 0.6) is 5.75 Å². The van der Waals surface area contributed by atoms with E-state index < -0.39 is 15.6 Å². The topological polar surface area (TPSA) is 98.9 Å². The van der Waals surface area contributed by atoms with Crippen LogP contribution in [0.25, 0.3) is 0 Å². The monoisotopic (exact) mass is 426 g/mol. The highest BCUT2D eigenvalue weighted by Crippen LogP contribution is 2.36. The number of carbonyl (C=O) groups excluding carboxylic acids is 1. The molecule has 0 aromatic heterocycles. The summed E-state index contributed by atoms with van der Waals surface area (Å²) in [7, 11) is -3.68. The van der Waals surface area contributed by atoms with E-state index in [1.165, 1.54) is 12.1 Å². The van der Waals surface area contributed by atoms with E-state index >= 15 is 0 Å². The molecule has 1 saturated heterocycles. The summed E-state index contributed by atoms with van der Waals surface area (Å²) in [6.45, 7) is 11.1. The van der Waals surface area contributed by atoms with Crippen molar-refractivity contribution in [3.8, 4) is 5.75 Å². The molecule has 7 nitrogen and oxygen atoms in total. The second-order valence-electron chi connectivity index (χ2n) is 9.33. The maximum Gasteiger partial charge on any atom is 0.410 e. The second kappa shape index (κ2) is 8.92. The van der Waals surface area contributed by atoms with Crippen LogP contribution in [-0.2, 0) is 14.8 Å². The number of hydrogen-bond acceptors (Lipinski definition) is 5. The van der Waals surface area contributed by atoms with Crippen molar-refractivity contribution in [1.82, 2.24) is 4.90 Å². The lowest BCUT2D eigenvalue weighted by molar-refractivity contribution is 0.0130. The van der Waals surface area contributed by atoms with Crippen LogP contribution in [0, 0.1) is 5.92 Å². The fourth-order valence-corrected chi connectivity index (χ4v) is 4.18. The molecule has 0 saturated carbocycles. The summed E-state index contributed by atoms with van der Waals surface area (Å²) < 4.78 is 33.7. The number of unbranched alkanes of at least 4 members (excludes halogenated alkanes) is 1. The van der Waals surface area contributed by atoms with E-state index in [0.717, 1.165) is 32.2 Å². The van der Waals surface area contributed by atoms with Crippen molar-refractivity contribution in [1.29, 1.82) is 0 Å². The minimum atomic E-state index is -3.68. The van der Waals surface area contributed by atoms with E-state index in [9.17, 15) is 13.2 Å². The number of nitrogens with two attached hydrogens (primary N) is 1. The number of likely N-dealkylation sites (tertiary alicyclic amines) is 1. The Kier molecular flexibility index (Phi) is 7.22. The zero-order valence-corrected chi connectivity index (χ0v) is 18.9. The Hall–Kier alpha value is -1.80. The molecule has 1 aromatic rings. The first kappa shape index (κ1) is 23.5. The van der Waals surface area contributed by atoms with Gasteiger partial charge in [0.15, 0.2) is 0 Å². The smallest absolute Gasteiger partial charge is 0.410 e. The number of rotatable bonds is 7. The maximum absolute atomic E-state index is 12.5. The largest absolute Gasteiger partial charge is 0.494 e. The Morgan fingerprint density at radius 1 is 1.21 bits per heavy atom. The molecular formula is C21H34N2O5S. The van der Waals surface area contributed by atoms with Crippen LogP contribution in [0.3, 0.4) is 0 Å². The standard InChI is InChI=1S/C21H34N2O5S/c1-20(2,3)28-19(24)23-15-16(14-21(23,4)5)8-6-7-13-27-17-9-11-18(12-10-17)29(22,25)26/h9-12,16H,6-8,13-15H2,1-5H3,(H2,22,25,26). The molecule has 164 valence electrons. The van der Waals surface area contributed by atoms with E-state index in [-0.39, 0.29) is 16.5 Å². The summed E-state index contributed by atoms with van der Waals surface area (Å²) in [5, 5.41) is 5.08. The van der Waals surface area contributed by atoms with Crippen LogP contribution in [0.2, 0.25) is 0 Å². The number of hydrogen-bond donors (Lipinski definition) is 1. The van der Waals surface area contributed by atoms with Gasteiger partial charge in [0, 0.05) is 12.1 Å². The van der Waals surface area contributed by atoms with Crippen molar-refractivity contribution >= 4 is 16.1 Å². The van der Waals surface area contributed by atoms with Crippen molar-refractivity contribution in [3.05, 3.63) is 24.3 Å². The van der Waals surface area contributed by atoms with Gasteiger partial charge < -0.3 is 14.4 Å². The maximum atomic E-state index is 12.5. The molecule has 1 unspecified atom stereocenters. The van der Waals surface area contributed by atoms with E-state index in [1.54, 1.807) is 12.1 Å². The number of nitrogens with zero attached hydrogens (tertiary/aromatic N) is 1. The average Bonchev–Trinajstić information content (AvgIpc) is 2.87. The molecule has 0 bridgehead atoms. The molecule has 1 fully saturated rings. The Labute approximate surface area is 174 Å². The predicted molar refractivity (Wildman–Crippen MR) is 112 cm³/mol.